The third-order valence-electron chi connectivity index (χ3n) is 2.21. The van der Waals surface area contributed by atoms with E-state index in [-0.39, 0.29) is 17.8 Å². The van der Waals surface area contributed by atoms with Gasteiger partial charge in [0.15, 0.2) is 5.78 Å². The quantitative estimate of drug-likeness (QED) is 0.649. The summed E-state index contributed by atoms with van der Waals surface area (Å²) in [5.74, 6) is -0.116. The second-order valence-electron chi connectivity index (χ2n) is 2.98. The number of carbonyl (C=O) groups excluding carboxylic acids is 1. The van der Waals surface area contributed by atoms with E-state index in [4.69, 9.17) is 22.1 Å². The second-order valence-corrected chi connectivity index (χ2v) is 4.46. The molecule has 1 aromatic heterocycles. The molecule has 1 aliphatic rings. The zero-order valence-electron chi connectivity index (χ0n) is 7.37. The number of hydrogen-bond donors (Lipinski definition) is 0. The molecule has 0 spiro atoms. The number of Topliss-reactive ketones (excluding diaryl/α,β-unsaturated/α-hetero) is 1. The number of hydrogen-bond acceptors (Lipinski definition) is 4. The van der Waals surface area contributed by atoms with E-state index in [9.17, 15) is 4.79 Å². The van der Waals surface area contributed by atoms with Crippen LogP contribution in [-0.4, -0.2) is 5.78 Å². The van der Waals surface area contributed by atoms with Gasteiger partial charge in [0.2, 0.25) is 0 Å². The molecule has 0 aliphatic heterocycles. The molecule has 0 saturated heterocycles. The Labute approximate surface area is 94.8 Å². The monoisotopic (exact) mass is 234 g/mol. The first-order valence-electron chi connectivity index (χ1n) is 4.03. The average molecular weight is 235 g/mol. The zero-order chi connectivity index (χ0) is 11.0. The normalized spacial score (nSPS) is 13.3. The van der Waals surface area contributed by atoms with Crippen molar-refractivity contribution < 1.29 is 4.79 Å². The number of nitrogens with zero attached hydrogens (tertiary/aromatic N) is 2. The smallest absolute Gasteiger partial charge is 0.170 e. The average Bonchev–Trinajstić information content (AvgIpc) is 2.73. The van der Waals surface area contributed by atoms with Gasteiger partial charge in [-0.2, -0.15) is 10.5 Å². The van der Waals surface area contributed by atoms with Gasteiger partial charge in [-0.1, -0.05) is 11.6 Å². The molecular weight excluding hydrogens is 232 g/mol. The number of thiophene rings is 1. The highest BCUT2D eigenvalue weighted by molar-refractivity contribution is 7.15. The van der Waals surface area contributed by atoms with E-state index < -0.39 is 0 Å². The van der Waals surface area contributed by atoms with Crippen LogP contribution in [0.3, 0.4) is 0 Å². The lowest BCUT2D eigenvalue weighted by Crippen LogP contribution is -1.89. The maximum Gasteiger partial charge on any atom is 0.170 e. The van der Waals surface area contributed by atoms with Crippen LogP contribution < -0.4 is 0 Å². The minimum Gasteiger partial charge on any atom is -0.294 e. The molecule has 1 aromatic rings. The van der Waals surface area contributed by atoms with E-state index in [0.29, 0.717) is 21.0 Å². The highest BCUT2D eigenvalue weighted by Gasteiger charge is 2.30. The van der Waals surface area contributed by atoms with Crippen molar-refractivity contribution in [2.75, 3.05) is 0 Å². The fourth-order valence-electron chi connectivity index (χ4n) is 1.54. The van der Waals surface area contributed by atoms with Gasteiger partial charge in [0.1, 0.15) is 22.0 Å². The van der Waals surface area contributed by atoms with Crippen LogP contribution >= 0.6 is 22.9 Å². The first kappa shape index (κ1) is 9.92. The van der Waals surface area contributed by atoms with Crippen LogP contribution in [0, 0.1) is 22.7 Å². The molecule has 15 heavy (non-hydrogen) atoms. The molecule has 0 unspecified atom stereocenters. The molecule has 0 bridgehead atoms. The first-order valence-corrected chi connectivity index (χ1v) is 5.28. The third kappa shape index (κ3) is 1.35. The number of fused-ring (bicyclic) bond motifs is 1. The summed E-state index contributed by atoms with van der Waals surface area (Å²) >= 11 is 7.09. The highest BCUT2D eigenvalue weighted by Crippen LogP contribution is 2.41. The van der Waals surface area contributed by atoms with Crippen molar-refractivity contribution in [2.45, 2.75) is 6.42 Å². The fourth-order valence-corrected chi connectivity index (χ4v) is 2.71. The molecule has 0 radical (unpaired) electrons. The molecule has 0 atom stereocenters. The number of carbonyl (C=O) groups is 1. The summed E-state index contributed by atoms with van der Waals surface area (Å²) in [5, 5.41) is 19.2. The molecular formula is C10H3ClN2OS. The first-order chi connectivity index (χ1) is 7.19. The summed E-state index contributed by atoms with van der Waals surface area (Å²) < 4.78 is 0.431. The van der Waals surface area contributed by atoms with Crippen LogP contribution in [0.1, 0.15) is 22.3 Å². The van der Waals surface area contributed by atoms with Gasteiger partial charge in [-0.05, 0) is 5.57 Å². The topological polar surface area (TPSA) is 64.7 Å². The molecule has 0 aromatic carbocycles. The molecule has 2 rings (SSSR count). The Kier molecular flexibility index (Phi) is 2.32. The van der Waals surface area contributed by atoms with E-state index in [2.05, 4.69) is 0 Å². The minimum atomic E-state index is -0.116. The van der Waals surface area contributed by atoms with Crippen LogP contribution in [0.25, 0.3) is 5.57 Å². The van der Waals surface area contributed by atoms with Crippen LogP contribution in [0.4, 0.5) is 0 Å². The largest absolute Gasteiger partial charge is 0.294 e. The molecule has 72 valence electrons. The molecule has 0 saturated carbocycles. The number of nitriles is 2. The Balaban J connectivity index is 2.72. The maximum atomic E-state index is 11.6. The third-order valence-corrected chi connectivity index (χ3v) is 3.43. The summed E-state index contributed by atoms with van der Waals surface area (Å²) in [7, 11) is 0. The fraction of sp³-hybridized carbons (Fsp3) is 0.100. The van der Waals surface area contributed by atoms with Crippen molar-refractivity contribution in [1.82, 2.24) is 0 Å². The van der Waals surface area contributed by atoms with Crippen LogP contribution in [0.15, 0.2) is 11.0 Å². The Morgan fingerprint density at radius 1 is 1.47 bits per heavy atom. The molecule has 1 aliphatic carbocycles. The van der Waals surface area contributed by atoms with Crippen molar-refractivity contribution in [1.29, 1.82) is 10.5 Å². The highest BCUT2D eigenvalue weighted by atomic mass is 35.5. The van der Waals surface area contributed by atoms with Gasteiger partial charge < -0.3 is 0 Å². The number of halogens is 1. The van der Waals surface area contributed by atoms with Gasteiger partial charge >= 0.3 is 0 Å². The van der Waals surface area contributed by atoms with Gasteiger partial charge in [-0.3, -0.25) is 4.79 Å². The predicted octanol–water partition coefficient (Wildman–Crippen LogP) is 2.79. The van der Waals surface area contributed by atoms with Crippen molar-refractivity contribution in [2.24, 2.45) is 0 Å². The molecule has 5 heteroatoms. The number of rotatable bonds is 0. The van der Waals surface area contributed by atoms with Crippen molar-refractivity contribution >= 4 is 34.3 Å². The van der Waals surface area contributed by atoms with Gasteiger partial charge in [0.25, 0.3) is 0 Å². The maximum absolute atomic E-state index is 11.6. The van der Waals surface area contributed by atoms with Crippen molar-refractivity contribution in [3.8, 4) is 12.1 Å². The van der Waals surface area contributed by atoms with Gasteiger partial charge in [-0.25, -0.2) is 0 Å². The summed E-state index contributed by atoms with van der Waals surface area (Å²) in [6.45, 7) is 0. The SMILES string of the molecule is N#CC(C#N)=C1CC(=O)c2c1csc2Cl. The van der Waals surface area contributed by atoms with E-state index in [1.807, 2.05) is 0 Å². The number of allylic oxidation sites excluding steroid dienone is 2. The number of ketones is 1. The van der Waals surface area contributed by atoms with Crippen molar-refractivity contribution in [3.63, 3.8) is 0 Å². The standard InChI is InChI=1S/C10H3ClN2OS/c11-10-9-7(4-15-10)6(1-8(9)14)5(2-12)3-13/h4H,1H2. The summed E-state index contributed by atoms with van der Waals surface area (Å²) in [4.78, 5) is 11.6. The van der Waals surface area contributed by atoms with Gasteiger partial charge in [-0.15, -0.1) is 11.3 Å². The van der Waals surface area contributed by atoms with Crippen molar-refractivity contribution in [3.05, 3.63) is 26.4 Å². The minimum absolute atomic E-state index is 0.00318. The lowest BCUT2D eigenvalue weighted by molar-refractivity contribution is 0.100. The Morgan fingerprint density at radius 3 is 2.73 bits per heavy atom. The Morgan fingerprint density at radius 2 is 2.13 bits per heavy atom. The molecule has 1 heterocycles. The summed E-state index contributed by atoms with van der Waals surface area (Å²) in [6.07, 6.45) is 0.106. The van der Waals surface area contributed by atoms with Gasteiger partial charge in [0.05, 0.1) is 5.56 Å². The van der Waals surface area contributed by atoms with E-state index >= 15 is 0 Å². The lowest BCUT2D eigenvalue weighted by atomic mass is 10.1. The summed E-state index contributed by atoms with van der Waals surface area (Å²) in [6, 6.07) is 3.58. The van der Waals surface area contributed by atoms with Gasteiger partial charge in [0, 0.05) is 17.4 Å². The second kappa shape index (κ2) is 3.51. The van der Waals surface area contributed by atoms with Crippen LogP contribution in [0.2, 0.25) is 4.34 Å². The van der Waals surface area contributed by atoms with Crippen LogP contribution in [-0.2, 0) is 0 Å². The Bertz CT molecular complexity index is 555. The molecule has 3 nitrogen and oxygen atoms in total. The van der Waals surface area contributed by atoms with E-state index in [0.717, 1.165) is 0 Å². The molecule has 0 N–H and O–H groups in total. The lowest BCUT2D eigenvalue weighted by Gasteiger charge is -1.92. The Hall–Kier alpha value is -1.62. The predicted molar refractivity (Wildman–Crippen MR) is 56.4 cm³/mol. The van der Waals surface area contributed by atoms with Crippen LogP contribution in [0.5, 0.6) is 0 Å². The molecule has 0 amide bonds. The zero-order valence-corrected chi connectivity index (χ0v) is 8.95. The summed E-state index contributed by atoms with van der Waals surface area (Å²) in [5.41, 5.74) is 1.60. The van der Waals surface area contributed by atoms with E-state index in [1.165, 1.54) is 11.3 Å². The van der Waals surface area contributed by atoms with E-state index in [1.54, 1.807) is 17.5 Å². The molecule has 0 fully saturated rings.